The van der Waals surface area contributed by atoms with E-state index in [1.165, 1.54) is 0 Å². The van der Waals surface area contributed by atoms with Crippen LogP contribution in [0.5, 0.6) is 11.5 Å². The van der Waals surface area contributed by atoms with Gasteiger partial charge >= 0.3 is 0 Å². The second-order valence-corrected chi connectivity index (χ2v) is 5.36. The summed E-state index contributed by atoms with van der Waals surface area (Å²) in [6.45, 7) is 5.78. The molecule has 0 saturated carbocycles. The minimum atomic E-state index is -0.0378. The number of rotatable bonds is 5. The number of methoxy groups -OCH3 is 2. The highest BCUT2D eigenvalue weighted by Gasteiger charge is 2.15. The van der Waals surface area contributed by atoms with Gasteiger partial charge in [0.2, 0.25) is 0 Å². The number of benzene rings is 1. The quantitative estimate of drug-likeness (QED) is 0.910. The molecular formula is C18H21N3O2. The number of nitriles is 1. The topological polar surface area (TPSA) is 67.2 Å². The third-order valence-corrected chi connectivity index (χ3v) is 3.72. The molecule has 1 aromatic carbocycles. The Morgan fingerprint density at radius 2 is 1.91 bits per heavy atom. The van der Waals surface area contributed by atoms with Crippen LogP contribution in [0.15, 0.2) is 24.3 Å². The van der Waals surface area contributed by atoms with Crippen molar-refractivity contribution in [3.8, 4) is 17.6 Å². The molecule has 0 radical (unpaired) electrons. The van der Waals surface area contributed by atoms with E-state index in [1.54, 1.807) is 14.2 Å². The van der Waals surface area contributed by atoms with Crippen LogP contribution in [0.25, 0.3) is 0 Å². The summed E-state index contributed by atoms with van der Waals surface area (Å²) in [5, 5.41) is 12.8. The summed E-state index contributed by atoms with van der Waals surface area (Å²) >= 11 is 0. The predicted molar refractivity (Wildman–Crippen MR) is 90.0 cm³/mol. The zero-order chi connectivity index (χ0) is 17.0. The number of nitrogens with one attached hydrogen (secondary N) is 1. The van der Waals surface area contributed by atoms with E-state index >= 15 is 0 Å². The van der Waals surface area contributed by atoms with Crippen molar-refractivity contribution in [2.45, 2.75) is 26.8 Å². The van der Waals surface area contributed by atoms with Crippen molar-refractivity contribution < 1.29 is 9.47 Å². The normalized spacial score (nSPS) is 11.5. The zero-order valence-corrected chi connectivity index (χ0v) is 14.1. The Hall–Kier alpha value is -2.74. The highest BCUT2D eigenvalue weighted by molar-refractivity contribution is 5.61. The van der Waals surface area contributed by atoms with Gasteiger partial charge in [-0.25, -0.2) is 0 Å². The highest BCUT2D eigenvalue weighted by Crippen LogP contribution is 2.32. The number of pyridine rings is 1. The van der Waals surface area contributed by atoms with Gasteiger partial charge < -0.3 is 14.8 Å². The maximum absolute atomic E-state index is 9.37. The predicted octanol–water partition coefficient (Wildman–Crippen LogP) is 3.76. The van der Waals surface area contributed by atoms with Crippen molar-refractivity contribution in [1.29, 1.82) is 5.26 Å². The fourth-order valence-electron chi connectivity index (χ4n) is 2.57. The number of nitrogens with zero attached hydrogens (tertiary/aromatic N) is 2. The van der Waals surface area contributed by atoms with Gasteiger partial charge in [-0.3, -0.25) is 4.98 Å². The molecule has 1 N–H and O–H groups in total. The lowest BCUT2D eigenvalue weighted by atomic mass is 10.0. The second kappa shape index (κ2) is 7.01. The molecule has 0 bridgehead atoms. The largest absolute Gasteiger partial charge is 0.497 e. The van der Waals surface area contributed by atoms with Crippen molar-refractivity contribution in [3.63, 3.8) is 0 Å². The average molecular weight is 311 g/mol. The Balaban J connectivity index is 2.37. The van der Waals surface area contributed by atoms with Crippen molar-refractivity contribution in [2.24, 2.45) is 0 Å². The van der Waals surface area contributed by atoms with Gasteiger partial charge in [0, 0.05) is 17.3 Å². The maximum atomic E-state index is 9.37. The van der Waals surface area contributed by atoms with E-state index in [0.717, 1.165) is 34.1 Å². The van der Waals surface area contributed by atoms with Crippen molar-refractivity contribution in [2.75, 3.05) is 19.5 Å². The van der Waals surface area contributed by atoms with Crippen LogP contribution >= 0.6 is 0 Å². The summed E-state index contributed by atoms with van der Waals surface area (Å²) in [5.74, 6) is 1.48. The molecule has 1 aromatic heterocycles. The molecule has 0 aliphatic carbocycles. The van der Waals surface area contributed by atoms with Crippen LogP contribution in [0.4, 0.5) is 5.69 Å². The molecule has 5 heteroatoms. The molecule has 5 nitrogen and oxygen atoms in total. The summed E-state index contributed by atoms with van der Waals surface area (Å²) in [5.41, 5.74) is 3.93. The molecule has 2 aromatic rings. The standard InChI is InChI=1S/C18H21N3O2/c1-11-8-17(16(10-19)13(3)20-11)21-12(2)15-7-6-14(22-4)9-18(15)23-5/h6-9,12H,1-5H3,(H,20,21). The molecule has 1 atom stereocenters. The van der Waals surface area contributed by atoms with Crippen LogP contribution in [0, 0.1) is 25.2 Å². The zero-order valence-electron chi connectivity index (χ0n) is 14.1. The van der Waals surface area contributed by atoms with Gasteiger partial charge in [0.15, 0.2) is 0 Å². The fraction of sp³-hybridized carbons (Fsp3) is 0.333. The molecule has 23 heavy (non-hydrogen) atoms. The number of aryl methyl sites for hydroxylation is 2. The van der Waals surface area contributed by atoms with Crippen LogP contribution in [0.3, 0.4) is 0 Å². The summed E-state index contributed by atoms with van der Waals surface area (Å²) in [4.78, 5) is 4.34. The Morgan fingerprint density at radius 3 is 2.52 bits per heavy atom. The van der Waals surface area contributed by atoms with Crippen molar-refractivity contribution >= 4 is 5.69 Å². The lowest BCUT2D eigenvalue weighted by molar-refractivity contribution is 0.390. The van der Waals surface area contributed by atoms with Gasteiger partial charge in [-0.15, -0.1) is 0 Å². The molecule has 2 rings (SSSR count). The third kappa shape index (κ3) is 3.54. The SMILES string of the molecule is COc1ccc(C(C)Nc2cc(C)nc(C)c2C#N)c(OC)c1. The van der Waals surface area contributed by atoms with Crippen molar-refractivity contribution in [3.05, 3.63) is 46.8 Å². The maximum Gasteiger partial charge on any atom is 0.127 e. The first-order valence-electron chi connectivity index (χ1n) is 7.37. The minimum absolute atomic E-state index is 0.0378. The minimum Gasteiger partial charge on any atom is -0.497 e. The third-order valence-electron chi connectivity index (χ3n) is 3.72. The highest BCUT2D eigenvalue weighted by atomic mass is 16.5. The molecular weight excluding hydrogens is 290 g/mol. The number of hydrogen-bond acceptors (Lipinski definition) is 5. The molecule has 0 amide bonds. The number of aromatic nitrogens is 1. The Bertz CT molecular complexity index is 751. The van der Waals surface area contributed by atoms with Crippen LogP contribution < -0.4 is 14.8 Å². The molecule has 0 spiro atoms. The molecule has 0 aliphatic heterocycles. The molecule has 0 saturated heterocycles. The Kier molecular flexibility index (Phi) is 5.07. The first-order valence-corrected chi connectivity index (χ1v) is 7.37. The van der Waals surface area contributed by atoms with Gasteiger partial charge in [-0.2, -0.15) is 5.26 Å². The summed E-state index contributed by atoms with van der Waals surface area (Å²) < 4.78 is 10.7. The van der Waals surface area contributed by atoms with Gasteiger partial charge in [0.25, 0.3) is 0 Å². The monoisotopic (exact) mass is 311 g/mol. The number of anilines is 1. The van der Waals surface area contributed by atoms with E-state index in [0.29, 0.717) is 5.56 Å². The van der Waals surface area contributed by atoms with Crippen LogP contribution in [-0.2, 0) is 0 Å². The fourth-order valence-corrected chi connectivity index (χ4v) is 2.57. The molecule has 0 fully saturated rings. The number of ether oxygens (including phenoxy) is 2. The first-order chi connectivity index (χ1) is 11.0. The molecule has 1 heterocycles. The van der Waals surface area contributed by atoms with E-state index in [1.807, 2.05) is 45.0 Å². The van der Waals surface area contributed by atoms with Gasteiger partial charge in [0.1, 0.15) is 17.6 Å². The van der Waals surface area contributed by atoms with E-state index in [9.17, 15) is 5.26 Å². The van der Waals surface area contributed by atoms with Crippen LogP contribution in [0.2, 0.25) is 0 Å². The van der Waals surface area contributed by atoms with E-state index < -0.39 is 0 Å². The molecule has 0 aliphatic rings. The lowest BCUT2D eigenvalue weighted by Gasteiger charge is -2.20. The summed E-state index contributed by atoms with van der Waals surface area (Å²) in [6, 6.07) is 9.77. The van der Waals surface area contributed by atoms with Crippen LogP contribution in [0.1, 0.15) is 35.5 Å². The molecule has 120 valence electrons. The summed E-state index contributed by atoms with van der Waals surface area (Å²) in [7, 11) is 3.25. The van der Waals surface area contributed by atoms with Gasteiger partial charge in [0.05, 0.1) is 37.2 Å². The van der Waals surface area contributed by atoms with E-state index in [4.69, 9.17) is 9.47 Å². The molecule has 1 unspecified atom stereocenters. The number of hydrogen-bond donors (Lipinski definition) is 1. The average Bonchev–Trinajstić information content (AvgIpc) is 2.53. The lowest BCUT2D eigenvalue weighted by Crippen LogP contribution is -2.11. The van der Waals surface area contributed by atoms with Gasteiger partial charge in [-0.1, -0.05) is 0 Å². The Morgan fingerprint density at radius 1 is 1.17 bits per heavy atom. The summed E-state index contributed by atoms with van der Waals surface area (Å²) in [6.07, 6.45) is 0. The van der Waals surface area contributed by atoms with Crippen LogP contribution in [-0.4, -0.2) is 19.2 Å². The van der Waals surface area contributed by atoms with E-state index in [-0.39, 0.29) is 6.04 Å². The smallest absolute Gasteiger partial charge is 0.127 e. The van der Waals surface area contributed by atoms with Gasteiger partial charge in [-0.05, 0) is 39.0 Å². The van der Waals surface area contributed by atoms with Crippen molar-refractivity contribution in [1.82, 2.24) is 4.98 Å². The van der Waals surface area contributed by atoms with E-state index in [2.05, 4.69) is 16.4 Å². The first kappa shape index (κ1) is 16.6. The Labute approximate surface area is 136 Å². The second-order valence-electron chi connectivity index (χ2n) is 5.36.